The average Bonchev–Trinajstić information content (AvgIpc) is 2.65. The Bertz CT molecular complexity index is 863. The fourth-order valence-corrected chi connectivity index (χ4v) is 3.31. The number of Topliss-reactive ketones (excluding diaryl/α,β-unsaturated/α-hetero) is 1. The molecule has 0 unspecified atom stereocenters. The van der Waals surface area contributed by atoms with Gasteiger partial charge in [0.15, 0.2) is 5.78 Å². The normalized spacial score (nSPS) is 11.4. The first kappa shape index (κ1) is 22.2. The van der Waals surface area contributed by atoms with Crippen molar-refractivity contribution in [3.8, 4) is 5.75 Å². The van der Waals surface area contributed by atoms with Gasteiger partial charge in [-0.25, -0.2) is 0 Å². The Balaban J connectivity index is 2.16. The van der Waals surface area contributed by atoms with Gasteiger partial charge in [0.2, 0.25) is 0 Å². The fourth-order valence-electron chi connectivity index (χ4n) is 2.88. The minimum absolute atomic E-state index is 0.0486. The molecule has 0 atom stereocenters. The number of ketones is 1. The number of benzene rings is 2. The number of amides is 1. The predicted molar refractivity (Wildman–Crippen MR) is 112 cm³/mol. The van der Waals surface area contributed by atoms with E-state index < -0.39 is 11.4 Å². The molecular weight excluding hydrogens is 399 g/mol. The van der Waals surface area contributed by atoms with Crippen LogP contribution in [0, 0.1) is 13.8 Å². The number of carbonyl (C=O) groups is 2. The SMILES string of the molecule is COc1cccc(C(=O)CC(C)(C)N(Cl)N(Cl)C(=O)c2cc(C)cc(C)c2)c1. The second-order valence-corrected chi connectivity index (χ2v) is 7.99. The van der Waals surface area contributed by atoms with Crippen LogP contribution in [0.15, 0.2) is 42.5 Å². The molecule has 2 rings (SSSR count). The lowest BCUT2D eigenvalue weighted by molar-refractivity contribution is 0.0374. The van der Waals surface area contributed by atoms with Crippen LogP contribution in [0.2, 0.25) is 0 Å². The zero-order chi connectivity index (χ0) is 21.1. The maximum absolute atomic E-state index is 12.7. The van der Waals surface area contributed by atoms with E-state index in [9.17, 15) is 9.59 Å². The molecule has 0 spiro atoms. The third-order valence-corrected chi connectivity index (χ3v) is 5.27. The molecule has 0 aromatic heterocycles. The highest BCUT2D eigenvalue weighted by molar-refractivity contribution is 6.27. The second-order valence-electron chi connectivity index (χ2n) is 7.35. The molecule has 0 bridgehead atoms. The van der Waals surface area contributed by atoms with Crippen LogP contribution in [0.4, 0.5) is 0 Å². The van der Waals surface area contributed by atoms with Crippen LogP contribution < -0.4 is 4.74 Å². The summed E-state index contributed by atoms with van der Waals surface area (Å²) in [5.41, 5.74) is 1.90. The highest BCUT2D eigenvalue weighted by Gasteiger charge is 2.35. The van der Waals surface area contributed by atoms with E-state index in [-0.39, 0.29) is 12.2 Å². The lowest BCUT2D eigenvalue weighted by Gasteiger charge is -2.36. The monoisotopic (exact) mass is 422 g/mol. The molecule has 28 heavy (non-hydrogen) atoms. The number of nitrogens with zero attached hydrogens (tertiary/aromatic N) is 2. The Morgan fingerprint density at radius 1 is 1.00 bits per heavy atom. The Kier molecular flexibility index (Phi) is 7.10. The van der Waals surface area contributed by atoms with Gasteiger partial charge in [-0.05, 0) is 52.0 Å². The van der Waals surface area contributed by atoms with Crippen LogP contribution in [-0.4, -0.2) is 33.4 Å². The van der Waals surface area contributed by atoms with Gasteiger partial charge in [-0.2, -0.15) is 4.53 Å². The number of ether oxygens (including phenoxy) is 1. The number of hydrazine groups is 1. The number of hydrogen-bond donors (Lipinski definition) is 0. The maximum Gasteiger partial charge on any atom is 0.284 e. The number of methoxy groups -OCH3 is 1. The molecule has 0 fully saturated rings. The van der Waals surface area contributed by atoms with Crippen molar-refractivity contribution in [2.24, 2.45) is 0 Å². The predicted octanol–water partition coefficient (Wildman–Crippen LogP) is 5.33. The summed E-state index contributed by atoms with van der Waals surface area (Å²) in [6.45, 7) is 7.28. The molecule has 150 valence electrons. The van der Waals surface area contributed by atoms with Crippen LogP contribution >= 0.6 is 23.6 Å². The number of rotatable bonds is 7. The Hall–Kier alpha value is -2.08. The highest BCUT2D eigenvalue weighted by Crippen LogP contribution is 2.29. The lowest BCUT2D eigenvalue weighted by atomic mass is 9.95. The molecule has 0 aliphatic heterocycles. The summed E-state index contributed by atoms with van der Waals surface area (Å²) < 4.78 is 7.03. The van der Waals surface area contributed by atoms with Gasteiger partial charge < -0.3 is 4.74 Å². The van der Waals surface area contributed by atoms with Gasteiger partial charge >= 0.3 is 0 Å². The van der Waals surface area contributed by atoms with Crippen molar-refractivity contribution < 1.29 is 14.3 Å². The molecule has 2 aromatic rings. The summed E-state index contributed by atoms with van der Waals surface area (Å²) in [5.74, 6) is -0.0146. The van der Waals surface area contributed by atoms with Crippen LogP contribution in [-0.2, 0) is 0 Å². The molecule has 0 aliphatic carbocycles. The number of halogens is 2. The summed E-state index contributed by atoms with van der Waals surface area (Å²) in [4.78, 5) is 25.4. The zero-order valence-electron chi connectivity index (χ0n) is 16.6. The van der Waals surface area contributed by atoms with Crippen molar-refractivity contribution >= 4 is 35.2 Å². The van der Waals surface area contributed by atoms with Gasteiger partial charge in [-0.1, -0.05) is 29.3 Å². The average molecular weight is 423 g/mol. The van der Waals surface area contributed by atoms with E-state index in [2.05, 4.69) is 0 Å². The van der Waals surface area contributed by atoms with Gasteiger partial charge in [-0.3, -0.25) is 9.59 Å². The van der Waals surface area contributed by atoms with Crippen molar-refractivity contribution in [2.45, 2.75) is 39.7 Å². The van der Waals surface area contributed by atoms with Gasteiger partial charge in [0.25, 0.3) is 5.91 Å². The number of hydrogen-bond acceptors (Lipinski definition) is 4. The summed E-state index contributed by atoms with van der Waals surface area (Å²) in [7, 11) is 1.54. The summed E-state index contributed by atoms with van der Waals surface area (Å²) in [5, 5.41) is 0. The highest BCUT2D eigenvalue weighted by atomic mass is 35.5. The number of aryl methyl sites for hydroxylation is 2. The quantitative estimate of drug-likeness (QED) is 0.343. The van der Waals surface area contributed by atoms with Crippen molar-refractivity contribution in [3.63, 3.8) is 0 Å². The first-order chi connectivity index (χ1) is 13.0. The van der Waals surface area contributed by atoms with Gasteiger partial charge in [-0.15, -0.1) is 4.53 Å². The summed E-state index contributed by atoms with van der Waals surface area (Å²) in [6, 6.07) is 12.3. The molecule has 0 radical (unpaired) electrons. The van der Waals surface area contributed by atoms with Crippen LogP contribution in [0.3, 0.4) is 0 Å². The van der Waals surface area contributed by atoms with E-state index >= 15 is 0 Å². The van der Waals surface area contributed by atoms with Crippen molar-refractivity contribution in [2.75, 3.05) is 7.11 Å². The van der Waals surface area contributed by atoms with Crippen molar-refractivity contribution in [3.05, 3.63) is 64.7 Å². The van der Waals surface area contributed by atoms with E-state index in [4.69, 9.17) is 28.3 Å². The first-order valence-corrected chi connectivity index (χ1v) is 9.44. The summed E-state index contributed by atoms with van der Waals surface area (Å²) in [6.07, 6.45) is 0.0486. The molecule has 0 heterocycles. The van der Waals surface area contributed by atoms with E-state index in [0.29, 0.717) is 16.9 Å². The zero-order valence-corrected chi connectivity index (χ0v) is 18.1. The van der Waals surface area contributed by atoms with E-state index in [0.717, 1.165) is 20.2 Å². The Labute approximate surface area is 176 Å². The third-order valence-electron chi connectivity index (χ3n) is 4.27. The molecule has 0 saturated heterocycles. The lowest BCUT2D eigenvalue weighted by Crippen LogP contribution is -2.48. The smallest absolute Gasteiger partial charge is 0.284 e. The van der Waals surface area contributed by atoms with E-state index in [1.807, 2.05) is 19.9 Å². The molecule has 1 amide bonds. The van der Waals surface area contributed by atoms with Crippen LogP contribution in [0.1, 0.15) is 52.1 Å². The van der Waals surface area contributed by atoms with Crippen molar-refractivity contribution in [1.29, 1.82) is 0 Å². The standard InChI is InChI=1S/C21H24Cl2N2O3/c1-14-9-15(2)11-17(10-14)20(27)24(22)25(23)21(3,4)13-19(26)16-7-6-8-18(12-16)28-5/h6-12H,13H2,1-5H3. The van der Waals surface area contributed by atoms with E-state index in [1.165, 1.54) is 7.11 Å². The number of carbonyl (C=O) groups excluding carboxylic acids is 2. The first-order valence-electron chi connectivity index (χ1n) is 8.77. The molecule has 0 N–H and O–H groups in total. The largest absolute Gasteiger partial charge is 0.497 e. The molecule has 7 heteroatoms. The van der Waals surface area contributed by atoms with Gasteiger partial charge in [0.05, 0.1) is 12.6 Å². The third kappa shape index (κ3) is 5.25. The van der Waals surface area contributed by atoms with Gasteiger partial charge in [0.1, 0.15) is 5.75 Å². The topological polar surface area (TPSA) is 49.9 Å². The maximum atomic E-state index is 12.7. The van der Waals surface area contributed by atoms with E-state index in [1.54, 1.807) is 50.2 Å². The summed E-state index contributed by atoms with van der Waals surface area (Å²) >= 11 is 12.6. The molecule has 2 aromatic carbocycles. The molecule has 0 saturated carbocycles. The Morgan fingerprint density at radius 3 is 2.18 bits per heavy atom. The van der Waals surface area contributed by atoms with Crippen LogP contribution in [0.5, 0.6) is 5.75 Å². The van der Waals surface area contributed by atoms with Gasteiger partial charge in [0, 0.05) is 41.1 Å². The molecular formula is C21H24Cl2N2O3. The molecule has 5 nitrogen and oxygen atoms in total. The Morgan fingerprint density at radius 2 is 1.61 bits per heavy atom. The fraction of sp³-hybridized carbons (Fsp3) is 0.333. The minimum Gasteiger partial charge on any atom is -0.497 e. The van der Waals surface area contributed by atoms with Crippen LogP contribution in [0.25, 0.3) is 0 Å². The second kappa shape index (κ2) is 8.95. The van der Waals surface area contributed by atoms with Crippen molar-refractivity contribution in [1.82, 2.24) is 9.06 Å². The minimum atomic E-state index is -0.919. The molecule has 0 aliphatic rings.